The number of morpholine rings is 1. The van der Waals surface area contributed by atoms with Crippen molar-refractivity contribution in [3.05, 3.63) is 28.2 Å². The van der Waals surface area contributed by atoms with E-state index in [1.54, 1.807) is 6.20 Å². The molecule has 1 aliphatic rings. The first-order valence-corrected chi connectivity index (χ1v) is 4.56. The Morgan fingerprint density at radius 3 is 3.07 bits per heavy atom. The molecular formula is C9H13N3O2. The molecule has 1 atom stereocenters. The lowest BCUT2D eigenvalue weighted by atomic mass is 10.1. The Bertz CT molecular complexity index is 369. The molecule has 1 aromatic heterocycles. The molecule has 0 aromatic carbocycles. The highest BCUT2D eigenvalue weighted by molar-refractivity contribution is 5.38. The van der Waals surface area contributed by atoms with Crippen LogP contribution in [0.3, 0.4) is 0 Å². The van der Waals surface area contributed by atoms with E-state index in [-0.39, 0.29) is 17.2 Å². The van der Waals surface area contributed by atoms with Gasteiger partial charge in [-0.05, 0) is 0 Å². The van der Waals surface area contributed by atoms with Gasteiger partial charge < -0.3 is 20.8 Å². The molecule has 5 heteroatoms. The third-order valence-electron chi connectivity index (χ3n) is 2.30. The largest absolute Gasteiger partial charge is 0.394 e. The summed E-state index contributed by atoms with van der Waals surface area (Å²) in [4.78, 5) is 14.5. The van der Waals surface area contributed by atoms with E-state index in [1.807, 2.05) is 0 Å². The number of aromatic amines is 1. The Morgan fingerprint density at radius 1 is 1.50 bits per heavy atom. The van der Waals surface area contributed by atoms with E-state index in [0.717, 1.165) is 6.54 Å². The van der Waals surface area contributed by atoms with Crippen LogP contribution in [0, 0.1) is 0 Å². The number of hydrogen-bond donors (Lipinski definition) is 3. The fourth-order valence-electron chi connectivity index (χ4n) is 1.54. The average Bonchev–Trinajstić information content (AvgIpc) is 2.23. The van der Waals surface area contributed by atoms with Crippen molar-refractivity contribution in [2.24, 2.45) is 0 Å². The van der Waals surface area contributed by atoms with Crippen molar-refractivity contribution in [3.8, 4) is 0 Å². The minimum absolute atomic E-state index is 0.0454. The van der Waals surface area contributed by atoms with Crippen molar-refractivity contribution in [2.45, 2.75) is 6.04 Å². The molecule has 14 heavy (non-hydrogen) atoms. The smallest absolute Gasteiger partial charge is 0.209 e. The van der Waals surface area contributed by atoms with Crippen LogP contribution < -0.4 is 16.5 Å². The fourth-order valence-corrected chi connectivity index (χ4v) is 1.54. The minimum atomic E-state index is -0.119. The maximum absolute atomic E-state index is 11.6. The molecule has 0 bridgehead atoms. The van der Waals surface area contributed by atoms with Gasteiger partial charge in [0, 0.05) is 24.5 Å². The second-order valence-corrected chi connectivity index (χ2v) is 3.28. The van der Waals surface area contributed by atoms with Gasteiger partial charge in [-0.3, -0.25) is 4.79 Å². The van der Waals surface area contributed by atoms with Gasteiger partial charge in [0.25, 0.3) is 0 Å². The summed E-state index contributed by atoms with van der Waals surface area (Å²) in [5.74, 6) is 0. The molecule has 1 saturated heterocycles. The average molecular weight is 195 g/mol. The standard InChI is InChI=1S/C9H13N3O2/c10-7-4-11-3-6(9(7)13)8-5-14-2-1-12-8/h3-4,8,12H,1-2,5,10H2,(H,11,13)/t8-/m0/s1. The first-order chi connectivity index (χ1) is 6.79. The lowest BCUT2D eigenvalue weighted by molar-refractivity contribution is 0.0765. The van der Waals surface area contributed by atoms with Crippen LogP contribution in [0.15, 0.2) is 17.2 Å². The molecule has 4 N–H and O–H groups in total. The first kappa shape index (κ1) is 9.23. The molecule has 0 amide bonds. The Labute approximate surface area is 81.3 Å². The summed E-state index contributed by atoms with van der Waals surface area (Å²) in [6, 6.07) is -0.0454. The zero-order chi connectivity index (χ0) is 9.97. The van der Waals surface area contributed by atoms with Crippen molar-refractivity contribution in [2.75, 3.05) is 25.5 Å². The maximum atomic E-state index is 11.6. The molecule has 2 rings (SSSR count). The van der Waals surface area contributed by atoms with Crippen LogP contribution in [0.25, 0.3) is 0 Å². The van der Waals surface area contributed by atoms with Gasteiger partial charge in [-0.25, -0.2) is 0 Å². The van der Waals surface area contributed by atoms with Gasteiger partial charge in [0.15, 0.2) is 0 Å². The second-order valence-electron chi connectivity index (χ2n) is 3.28. The molecule has 1 aliphatic heterocycles. The number of nitrogens with one attached hydrogen (secondary N) is 2. The van der Waals surface area contributed by atoms with Gasteiger partial charge in [-0.2, -0.15) is 0 Å². The molecule has 1 aromatic rings. The Kier molecular flexibility index (Phi) is 2.51. The Morgan fingerprint density at radius 2 is 2.36 bits per heavy atom. The highest BCUT2D eigenvalue weighted by Gasteiger charge is 2.18. The van der Waals surface area contributed by atoms with Gasteiger partial charge in [-0.1, -0.05) is 0 Å². The van der Waals surface area contributed by atoms with Crippen LogP contribution in [-0.4, -0.2) is 24.7 Å². The lowest BCUT2D eigenvalue weighted by Crippen LogP contribution is -2.37. The van der Waals surface area contributed by atoms with Crippen LogP contribution in [-0.2, 0) is 4.74 Å². The zero-order valence-corrected chi connectivity index (χ0v) is 7.75. The molecule has 0 saturated carbocycles. The predicted octanol–water partition coefficient (Wildman–Crippen LogP) is -0.382. The number of ether oxygens (including phenoxy) is 1. The molecular weight excluding hydrogens is 182 g/mol. The van der Waals surface area contributed by atoms with Gasteiger partial charge in [-0.15, -0.1) is 0 Å². The highest BCUT2D eigenvalue weighted by atomic mass is 16.5. The summed E-state index contributed by atoms with van der Waals surface area (Å²) in [6.07, 6.45) is 3.17. The number of nitrogen functional groups attached to an aromatic ring is 1. The van der Waals surface area contributed by atoms with Crippen molar-refractivity contribution in [1.29, 1.82) is 0 Å². The fraction of sp³-hybridized carbons (Fsp3) is 0.444. The third-order valence-corrected chi connectivity index (χ3v) is 2.30. The molecule has 2 heterocycles. The SMILES string of the molecule is Nc1c[nH]cc([C@@H]2COCCN2)c1=O. The van der Waals surface area contributed by atoms with Crippen molar-refractivity contribution in [1.82, 2.24) is 10.3 Å². The van der Waals surface area contributed by atoms with Crippen LogP contribution in [0.4, 0.5) is 5.69 Å². The molecule has 76 valence electrons. The van der Waals surface area contributed by atoms with Gasteiger partial charge in [0.1, 0.15) is 0 Å². The summed E-state index contributed by atoms with van der Waals surface area (Å²) in [5.41, 5.74) is 6.28. The number of hydrogen-bond acceptors (Lipinski definition) is 4. The number of pyridine rings is 1. The highest BCUT2D eigenvalue weighted by Crippen LogP contribution is 2.11. The summed E-state index contributed by atoms with van der Waals surface area (Å²) in [7, 11) is 0. The number of anilines is 1. The van der Waals surface area contributed by atoms with Crippen LogP contribution >= 0.6 is 0 Å². The van der Waals surface area contributed by atoms with Crippen LogP contribution in [0.2, 0.25) is 0 Å². The molecule has 0 spiro atoms. The molecule has 1 fully saturated rings. The monoisotopic (exact) mass is 195 g/mol. The van der Waals surface area contributed by atoms with Crippen LogP contribution in [0.5, 0.6) is 0 Å². The Hall–Kier alpha value is -1.33. The van der Waals surface area contributed by atoms with E-state index >= 15 is 0 Å². The van der Waals surface area contributed by atoms with E-state index in [9.17, 15) is 4.79 Å². The molecule has 0 unspecified atom stereocenters. The predicted molar refractivity (Wildman–Crippen MR) is 53.0 cm³/mol. The zero-order valence-electron chi connectivity index (χ0n) is 7.75. The molecule has 5 nitrogen and oxygen atoms in total. The van der Waals surface area contributed by atoms with Crippen molar-refractivity contribution < 1.29 is 4.74 Å². The maximum Gasteiger partial charge on any atom is 0.209 e. The lowest BCUT2D eigenvalue weighted by Gasteiger charge is -2.23. The van der Waals surface area contributed by atoms with Crippen molar-refractivity contribution >= 4 is 5.69 Å². The minimum Gasteiger partial charge on any atom is -0.394 e. The van der Waals surface area contributed by atoms with Crippen LogP contribution in [0.1, 0.15) is 11.6 Å². The van der Waals surface area contributed by atoms with E-state index in [4.69, 9.17) is 10.5 Å². The summed E-state index contributed by atoms with van der Waals surface area (Å²) in [5, 5.41) is 3.20. The molecule has 0 radical (unpaired) electrons. The van der Waals surface area contributed by atoms with E-state index < -0.39 is 0 Å². The van der Waals surface area contributed by atoms with Crippen molar-refractivity contribution in [3.63, 3.8) is 0 Å². The van der Waals surface area contributed by atoms with Gasteiger partial charge in [0.05, 0.1) is 24.9 Å². The van der Waals surface area contributed by atoms with Gasteiger partial charge in [0.2, 0.25) is 5.43 Å². The third kappa shape index (κ3) is 1.64. The first-order valence-electron chi connectivity index (χ1n) is 4.56. The number of H-pyrrole nitrogens is 1. The number of aromatic nitrogens is 1. The summed E-state index contributed by atoms with van der Waals surface area (Å²) in [6.45, 7) is 1.97. The summed E-state index contributed by atoms with van der Waals surface area (Å²) >= 11 is 0. The number of rotatable bonds is 1. The Balaban J connectivity index is 2.31. The normalized spacial score (nSPS) is 22.1. The van der Waals surface area contributed by atoms with E-state index in [1.165, 1.54) is 6.20 Å². The second kappa shape index (κ2) is 3.81. The number of nitrogens with two attached hydrogens (primary N) is 1. The topological polar surface area (TPSA) is 80.1 Å². The molecule has 0 aliphatic carbocycles. The van der Waals surface area contributed by atoms with Gasteiger partial charge >= 0.3 is 0 Å². The quantitative estimate of drug-likeness (QED) is 0.570. The van der Waals surface area contributed by atoms with E-state index in [2.05, 4.69) is 10.3 Å². The van der Waals surface area contributed by atoms with E-state index in [0.29, 0.717) is 18.8 Å². The summed E-state index contributed by atoms with van der Waals surface area (Å²) < 4.78 is 5.28.